The molecule has 0 rings (SSSR count). The van der Waals surface area contributed by atoms with Crippen LogP contribution in [0.15, 0.2) is 23.7 Å². The third kappa shape index (κ3) is 2.27. The molecule has 0 unspecified atom stereocenters. The van der Waals surface area contributed by atoms with Crippen LogP contribution in [0.2, 0.25) is 0 Å². The lowest BCUT2D eigenvalue weighted by molar-refractivity contribution is 1.38. The molecule has 7 heavy (non-hydrogen) atoms. The molecule has 0 aliphatic rings. The summed E-state index contributed by atoms with van der Waals surface area (Å²) in [5.74, 6) is 0. The van der Waals surface area contributed by atoms with E-state index in [-0.39, 0.29) is 0 Å². The first-order valence-electron chi connectivity index (χ1n) is 2.24. The van der Waals surface area contributed by atoms with Gasteiger partial charge in [-0.05, 0) is 13.8 Å². The van der Waals surface area contributed by atoms with Crippen LogP contribution in [0.3, 0.4) is 0 Å². The number of hydrogen-bond acceptors (Lipinski definition) is 0. The van der Waals surface area contributed by atoms with Gasteiger partial charge in [0.25, 0.3) is 0 Å². The minimum Gasteiger partial charge on any atom is -0.0997 e. The Labute approximate surface area is 46.3 Å². The highest BCUT2D eigenvalue weighted by Crippen LogP contribution is 1.96. The molecule has 0 aromatic carbocycles. The van der Waals surface area contributed by atoms with Crippen LogP contribution in [0.5, 0.6) is 0 Å². The summed E-state index contributed by atoms with van der Waals surface area (Å²) < 4.78 is 0. The highest BCUT2D eigenvalue weighted by atomic mass is 13.8. The first kappa shape index (κ1) is 6.54. The fraction of sp³-hybridized carbons (Fsp3) is 0.333. The van der Waals surface area contributed by atoms with Crippen molar-refractivity contribution in [3.8, 4) is 0 Å². The number of allylic oxidation sites excluding steroid dienone is 3. The van der Waals surface area contributed by atoms with Crippen molar-refractivity contribution in [3.63, 3.8) is 0 Å². The molecule has 1 heteroatoms. The summed E-state index contributed by atoms with van der Waals surface area (Å²) in [7, 11) is 5.38. The Kier molecular flexibility index (Phi) is 2.50. The Balaban J connectivity index is 3.98. The van der Waals surface area contributed by atoms with Crippen LogP contribution in [-0.2, 0) is 0 Å². The summed E-state index contributed by atoms with van der Waals surface area (Å²) in [6.07, 6.45) is 1.65. The van der Waals surface area contributed by atoms with Crippen molar-refractivity contribution in [1.29, 1.82) is 0 Å². The largest absolute Gasteiger partial charge is 0.113 e. The molecule has 0 fully saturated rings. The lowest BCUT2D eigenvalue weighted by Crippen LogP contribution is -1.76. The van der Waals surface area contributed by atoms with Crippen LogP contribution in [0, 0.1) is 0 Å². The van der Waals surface area contributed by atoms with Crippen LogP contribution in [0.4, 0.5) is 0 Å². The molecule has 0 amide bonds. The SMILES string of the molecule is [B]C(C=C)=C(C)C. The summed E-state index contributed by atoms with van der Waals surface area (Å²) in [6.45, 7) is 7.41. The smallest absolute Gasteiger partial charge is 0.0997 e. The monoisotopic (exact) mass is 92.1 g/mol. The maximum atomic E-state index is 5.38. The van der Waals surface area contributed by atoms with Gasteiger partial charge in [-0.15, -0.1) is 0 Å². The Morgan fingerprint density at radius 2 is 2.00 bits per heavy atom. The Morgan fingerprint density at radius 1 is 1.57 bits per heavy atom. The molecule has 0 aliphatic carbocycles. The second kappa shape index (κ2) is 2.67. The van der Waals surface area contributed by atoms with Gasteiger partial charge in [0.05, 0.1) is 0 Å². The van der Waals surface area contributed by atoms with E-state index in [1.165, 1.54) is 0 Å². The topological polar surface area (TPSA) is 0 Å². The fourth-order valence-electron chi connectivity index (χ4n) is 0.204. The zero-order valence-electron chi connectivity index (χ0n) is 4.86. The highest BCUT2D eigenvalue weighted by Gasteiger charge is 1.78. The van der Waals surface area contributed by atoms with E-state index in [4.69, 9.17) is 7.85 Å². The Hall–Kier alpha value is -0.455. The van der Waals surface area contributed by atoms with Gasteiger partial charge in [-0.2, -0.15) is 0 Å². The van der Waals surface area contributed by atoms with E-state index in [0.717, 1.165) is 11.0 Å². The van der Waals surface area contributed by atoms with E-state index in [1.54, 1.807) is 6.08 Å². The van der Waals surface area contributed by atoms with Crippen molar-refractivity contribution >= 4 is 7.85 Å². The molecular formula is C6H9B. The van der Waals surface area contributed by atoms with Gasteiger partial charge < -0.3 is 0 Å². The van der Waals surface area contributed by atoms with Crippen LogP contribution in [0.25, 0.3) is 0 Å². The molecule has 0 aliphatic heterocycles. The molecule has 0 atom stereocenters. The fourth-order valence-corrected chi connectivity index (χ4v) is 0.204. The molecule has 0 spiro atoms. The van der Waals surface area contributed by atoms with Gasteiger partial charge in [0, 0.05) is 0 Å². The van der Waals surface area contributed by atoms with Gasteiger partial charge >= 0.3 is 0 Å². The van der Waals surface area contributed by atoms with Crippen molar-refractivity contribution in [2.45, 2.75) is 13.8 Å². The molecule has 2 radical (unpaired) electrons. The minimum absolute atomic E-state index is 0.778. The summed E-state index contributed by atoms with van der Waals surface area (Å²) >= 11 is 0. The minimum atomic E-state index is 0.778. The van der Waals surface area contributed by atoms with Crippen molar-refractivity contribution in [2.24, 2.45) is 0 Å². The molecule has 0 heterocycles. The Morgan fingerprint density at radius 3 is 2.00 bits per heavy atom. The maximum absolute atomic E-state index is 5.38. The van der Waals surface area contributed by atoms with Crippen LogP contribution in [-0.4, -0.2) is 7.85 Å². The number of hydrogen-bond donors (Lipinski definition) is 0. The van der Waals surface area contributed by atoms with E-state index in [2.05, 4.69) is 6.58 Å². The molecule has 0 saturated heterocycles. The molecule has 0 bridgehead atoms. The predicted octanol–water partition coefficient (Wildman–Crippen LogP) is 1.63. The van der Waals surface area contributed by atoms with Gasteiger partial charge in [-0.25, -0.2) is 0 Å². The highest BCUT2D eigenvalue weighted by molar-refractivity contribution is 6.23. The van der Waals surface area contributed by atoms with Gasteiger partial charge in [0.15, 0.2) is 0 Å². The summed E-state index contributed by atoms with van der Waals surface area (Å²) in [4.78, 5) is 0. The van der Waals surface area contributed by atoms with E-state index >= 15 is 0 Å². The van der Waals surface area contributed by atoms with Crippen LogP contribution < -0.4 is 0 Å². The third-order valence-electron chi connectivity index (χ3n) is 0.797. The van der Waals surface area contributed by atoms with E-state index in [0.29, 0.717) is 0 Å². The second-order valence-electron chi connectivity index (χ2n) is 1.66. The van der Waals surface area contributed by atoms with Crippen molar-refractivity contribution in [1.82, 2.24) is 0 Å². The molecule has 0 aromatic heterocycles. The van der Waals surface area contributed by atoms with Gasteiger partial charge in [-0.1, -0.05) is 23.7 Å². The third-order valence-corrected chi connectivity index (χ3v) is 0.797. The van der Waals surface area contributed by atoms with Gasteiger partial charge in [0.1, 0.15) is 7.85 Å². The molecule has 0 nitrogen and oxygen atoms in total. The zero-order valence-corrected chi connectivity index (χ0v) is 4.86. The van der Waals surface area contributed by atoms with Gasteiger partial charge in [-0.3, -0.25) is 0 Å². The van der Waals surface area contributed by atoms with Crippen molar-refractivity contribution in [3.05, 3.63) is 23.7 Å². The zero-order chi connectivity index (χ0) is 5.86. The quantitative estimate of drug-likeness (QED) is 0.340. The van der Waals surface area contributed by atoms with E-state index < -0.39 is 0 Å². The van der Waals surface area contributed by atoms with E-state index in [9.17, 15) is 0 Å². The van der Waals surface area contributed by atoms with Crippen LogP contribution >= 0.6 is 0 Å². The summed E-state index contributed by atoms with van der Waals surface area (Å²) in [5.41, 5.74) is 1.90. The average molecular weight is 92.0 g/mol. The summed E-state index contributed by atoms with van der Waals surface area (Å²) in [6, 6.07) is 0. The second-order valence-corrected chi connectivity index (χ2v) is 1.66. The maximum Gasteiger partial charge on any atom is 0.113 e. The summed E-state index contributed by atoms with van der Waals surface area (Å²) in [5, 5.41) is 0. The normalized spacial score (nSPS) is 7.71. The van der Waals surface area contributed by atoms with Crippen LogP contribution in [0.1, 0.15) is 13.8 Å². The van der Waals surface area contributed by atoms with Gasteiger partial charge in [0.2, 0.25) is 0 Å². The first-order valence-corrected chi connectivity index (χ1v) is 2.24. The molecular weight excluding hydrogens is 82.9 g/mol. The molecule has 0 aromatic rings. The Bertz CT molecular complexity index is 96.7. The average Bonchev–Trinajstić information content (AvgIpc) is 1.65. The predicted molar refractivity (Wildman–Crippen MR) is 34.3 cm³/mol. The standard InChI is InChI=1S/C6H9B/c1-4-6(7)5(2)3/h4H,1H2,2-3H3. The lowest BCUT2D eigenvalue weighted by Gasteiger charge is -1.91. The van der Waals surface area contributed by atoms with Crippen molar-refractivity contribution in [2.75, 3.05) is 0 Å². The van der Waals surface area contributed by atoms with Crippen molar-refractivity contribution < 1.29 is 0 Å². The molecule has 0 saturated carbocycles. The lowest BCUT2D eigenvalue weighted by atomic mass is 9.92. The van der Waals surface area contributed by atoms with E-state index in [1.807, 2.05) is 13.8 Å². The number of rotatable bonds is 1. The first-order chi connectivity index (χ1) is 3.18. The molecule has 36 valence electrons. The molecule has 0 N–H and O–H groups in total.